The highest BCUT2D eigenvalue weighted by Crippen LogP contribution is 2.27. The number of carbonyl (C=O) groups excluding carboxylic acids is 1. The number of methoxy groups -OCH3 is 1. The molecule has 1 N–H and O–H groups in total. The van der Waals surface area contributed by atoms with E-state index in [0.717, 1.165) is 5.69 Å². The third kappa shape index (κ3) is 4.56. The number of hydrazone groups is 1. The Labute approximate surface area is 162 Å². The van der Waals surface area contributed by atoms with Crippen LogP contribution in [-0.4, -0.2) is 30.4 Å². The second-order valence-electron chi connectivity index (χ2n) is 5.70. The summed E-state index contributed by atoms with van der Waals surface area (Å²) >= 11 is 0. The first-order valence-electron chi connectivity index (χ1n) is 8.46. The minimum Gasteiger partial charge on any atom is -0.493 e. The van der Waals surface area contributed by atoms with Gasteiger partial charge in [0.1, 0.15) is 6.07 Å². The summed E-state index contributed by atoms with van der Waals surface area (Å²) in [5, 5.41) is 12.6. The number of aromatic nitrogens is 1. The summed E-state index contributed by atoms with van der Waals surface area (Å²) in [6, 6.07) is 18.1. The lowest BCUT2D eigenvalue weighted by Crippen LogP contribution is -2.17. The van der Waals surface area contributed by atoms with Gasteiger partial charge in [-0.05, 0) is 54.1 Å². The van der Waals surface area contributed by atoms with Gasteiger partial charge in [-0.3, -0.25) is 4.79 Å². The molecule has 0 aliphatic carbocycles. The first-order valence-corrected chi connectivity index (χ1v) is 8.46. The summed E-state index contributed by atoms with van der Waals surface area (Å²) < 4.78 is 12.4. The van der Waals surface area contributed by atoms with Gasteiger partial charge in [0, 0.05) is 23.6 Å². The number of amides is 1. The molecule has 0 aliphatic rings. The third-order valence-electron chi connectivity index (χ3n) is 3.87. The van der Waals surface area contributed by atoms with Crippen molar-refractivity contribution < 1.29 is 14.3 Å². The normalized spacial score (nSPS) is 10.4. The fourth-order valence-electron chi connectivity index (χ4n) is 2.54. The maximum atomic E-state index is 12.3. The highest BCUT2D eigenvalue weighted by Gasteiger charge is 2.07. The van der Waals surface area contributed by atoms with Crippen LogP contribution >= 0.6 is 0 Å². The van der Waals surface area contributed by atoms with Crippen LogP contribution in [0.2, 0.25) is 0 Å². The highest BCUT2D eigenvalue weighted by molar-refractivity contribution is 5.95. The molecule has 0 unspecified atom stereocenters. The number of hydrogen-bond acceptors (Lipinski definition) is 5. The van der Waals surface area contributed by atoms with Gasteiger partial charge < -0.3 is 14.0 Å². The van der Waals surface area contributed by atoms with Crippen LogP contribution in [0.4, 0.5) is 0 Å². The molecule has 140 valence electrons. The Morgan fingerprint density at radius 3 is 2.75 bits per heavy atom. The van der Waals surface area contributed by atoms with Crippen LogP contribution in [0, 0.1) is 11.3 Å². The summed E-state index contributed by atoms with van der Waals surface area (Å²) in [5.41, 5.74) is 4.61. The molecule has 28 heavy (non-hydrogen) atoms. The maximum absolute atomic E-state index is 12.3. The van der Waals surface area contributed by atoms with Gasteiger partial charge in [-0.15, -0.1) is 0 Å². The van der Waals surface area contributed by atoms with Crippen LogP contribution in [0.15, 0.2) is 72.1 Å². The summed E-state index contributed by atoms with van der Waals surface area (Å²) in [6.45, 7) is -0.0675. The molecular weight excluding hydrogens is 356 g/mol. The van der Waals surface area contributed by atoms with Crippen molar-refractivity contribution in [3.63, 3.8) is 0 Å². The Bertz CT molecular complexity index is 1020. The maximum Gasteiger partial charge on any atom is 0.271 e. The summed E-state index contributed by atoms with van der Waals surface area (Å²) in [6.07, 6.45) is 5.32. The largest absolute Gasteiger partial charge is 0.493 e. The van der Waals surface area contributed by atoms with Gasteiger partial charge in [0.05, 0.1) is 13.3 Å². The minimum atomic E-state index is -0.314. The van der Waals surface area contributed by atoms with E-state index in [-0.39, 0.29) is 12.5 Å². The topological polar surface area (TPSA) is 88.6 Å². The third-order valence-corrected chi connectivity index (χ3v) is 3.87. The number of nitrogens with one attached hydrogen (secondary N) is 1. The fourth-order valence-corrected chi connectivity index (χ4v) is 2.54. The molecule has 0 bridgehead atoms. The first-order chi connectivity index (χ1) is 13.7. The van der Waals surface area contributed by atoms with Gasteiger partial charge in [0.25, 0.3) is 5.91 Å². The van der Waals surface area contributed by atoms with Crippen molar-refractivity contribution in [1.82, 2.24) is 9.99 Å². The molecule has 0 atom stereocenters. The number of benzene rings is 2. The van der Waals surface area contributed by atoms with Gasteiger partial charge in [-0.2, -0.15) is 10.4 Å². The summed E-state index contributed by atoms with van der Waals surface area (Å²) in [5.74, 6) is 0.628. The van der Waals surface area contributed by atoms with Crippen molar-refractivity contribution in [3.05, 3.63) is 78.1 Å². The van der Waals surface area contributed by atoms with E-state index in [1.54, 1.807) is 30.3 Å². The quantitative estimate of drug-likeness (QED) is 0.508. The first kappa shape index (κ1) is 18.7. The summed E-state index contributed by atoms with van der Waals surface area (Å²) in [4.78, 5) is 12.3. The molecule has 7 heteroatoms. The molecule has 3 rings (SSSR count). The van der Waals surface area contributed by atoms with Crippen LogP contribution in [-0.2, 0) is 0 Å². The van der Waals surface area contributed by atoms with Crippen LogP contribution < -0.4 is 14.9 Å². The SMILES string of the molecule is COc1cc(C=NNC(=O)c2cccc(-n3cccc3)c2)ccc1OCC#N. The van der Waals surface area contributed by atoms with Gasteiger partial charge in [-0.1, -0.05) is 6.07 Å². The Morgan fingerprint density at radius 1 is 1.18 bits per heavy atom. The van der Waals surface area contributed by atoms with Crippen LogP contribution in [0.25, 0.3) is 5.69 Å². The van der Waals surface area contributed by atoms with Crippen molar-refractivity contribution in [1.29, 1.82) is 5.26 Å². The lowest BCUT2D eigenvalue weighted by atomic mass is 10.2. The van der Waals surface area contributed by atoms with E-state index in [2.05, 4.69) is 10.5 Å². The summed E-state index contributed by atoms with van der Waals surface area (Å²) in [7, 11) is 1.51. The van der Waals surface area contributed by atoms with Crippen LogP contribution in [0.1, 0.15) is 15.9 Å². The molecule has 0 radical (unpaired) electrons. The van der Waals surface area contributed by atoms with Crippen molar-refractivity contribution in [2.75, 3.05) is 13.7 Å². The zero-order valence-electron chi connectivity index (χ0n) is 15.2. The number of ether oxygens (including phenoxy) is 2. The minimum absolute atomic E-state index is 0.0675. The Morgan fingerprint density at radius 2 is 2.00 bits per heavy atom. The van der Waals surface area contributed by atoms with Crippen molar-refractivity contribution >= 4 is 12.1 Å². The molecule has 0 saturated carbocycles. The lowest BCUT2D eigenvalue weighted by molar-refractivity contribution is 0.0955. The van der Waals surface area contributed by atoms with Crippen molar-refractivity contribution in [3.8, 4) is 23.3 Å². The molecule has 0 saturated heterocycles. The molecule has 0 aliphatic heterocycles. The highest BCUT2D eigenvalue weighted by atomic mass is 16.5. The van der Waals surface area contributed by atoms with Gasteiger partial charge in [0.15, 0.2) is 18.1 Å². The molecule has 7 nitrogen and oxygen atoms in total. The van der Waals surface area contributed by atoms with E-state index in [1.807, 2.05) is 47.3 Å². The number of hydrogen-bond donors (Lipinski definition) is 1. The molecule has 2 aromatic carbocycles. The second-order valence-corrected chi connectivity index (χ2v) is 5.70. The fraction of sp³-hybridized carbons (Fsp3) is 0.0952. The molecular formula is C21H18N4O3. The van der Waals surface area contributed by atoms with E-state index in [0.29, 0.717) is 22.6 Å². The second kappa shape index (κ2) is 9.05. The number of rotatable bonds is 7. The van der Waals surface area contributed by atoms with Crippen molar-refractivity contribution in [2.45, 2.75) is 0 Å². The predicted molar refractivity (Wildman–Crippen MR) is 105 cm³/mol. The molecule has 1 aromatic heterocycles. The Hall–Kier alpha value is -4.05. The standard InChI is InChI=1S/C21H18N4O3/c1-27-20-13-16(7-8-19(20)28-12-9-22)15-23-24-21(26)17-5-4-6-18(14-17)25-10-2-3-11-25/h2-8,10-11,13-15H,12H2,1H3,(H,24,26). The molecule has 3 aromatic rings. The van der Waals surface area contributed by atoms with Gasteiger partial charge in [-0.25, -0.2) is 5.43 Å². The van der Waals surface area contributed by atoms with E-state index >= 15 is 0 Å². The zero-order valence-corrected chi connectivity index (χ0v) is 15.2. The number of nitriles is 1. The lowest BCUT2D eigenvalue weighted by Gasteiger charge is -2.08. The number of nitrogens with zero attached hydrogens (tertiary/aromatic N) is 3. The molecule has 0 spiro atoms. The zero-order chi connectivity index (χ0) is 19.8. The average molecular weight is 374 g/mol. The predicted octanol–water partition coefficient (Wildman–Crippen LogP) is 3.15. The van der Waals surface area contributed by atoms with E-state index < -0.39 is 0 Å². The Kier molecular flexibility index (Phi) is 6.06. The molecule has 1 amide bonds. The van der Waals surface area contributed by atoms with Crippen molar-refractivity contribution in [2.24, 2.45) is 5.10 Å². The Balaban J connectivity index is 1.67. The smallest absolute Gasteiger partial charge is 0.271 e. The van der Waals surface area contributed by atoms with E-state index in [4.69, 9.17) is 14.7 Å². The van der Waals surface area contributed by atoms with Crippen LogP contribution in [0.3, 0.4) is 0 Å². The van der Waals surface area contributed by atoms with Gasteiger partial charge >= 0.3 is 0 Å². The number of carbonyl (C=O) groups is 1. The van der Waals surface area contributed by atoms with Gasteiger partial charge in [0.2, 0.25) is 0 Å². The van der Waals surface area contributed by atoms with Crippen LogP contribution in [0.5, 0.6) is 11.5 Å². The monoisotopic (exact) mass is 374 g/mol. The average Bonchev–Trinajstić information content (AvgIpc) is 3.27. The molecule has 0 fully saturated rings. The molecule has 1 heterocycles. The van der Waals surface area contributed by atoms with E-state index in [1.165, 1.54) is 13.3 Å². The van der Waals surface area contributed by atoms with E-state index in [9.17, 15) is 4.79 Å².